The van der Waals surface area contributed by atoms with Crippen LogP contribution in [0.25, 0.3) is 0 Å². The summed E-state index contributed by atoms with van der Waals surface area (Å²) in [6.07, 6.45) is 0.816. The number of amides is 1. The van der Waals surface area contributed by atoms with Gasteiger partial charge in [0.2, 0.25) is 5.91 Å². The first-order valence-corrected chi connectivity index (χ1v) is 9.44. The molecular weight excluding hydrogens is 314 g/mol. The van der Waals surface area contributed by atoms with Crippen molar-refractivity contribution < 1.29 is 9.90 Å². The second-order valence-corrected chi connectivity index (χ2v) is 7.37. The van der Waals surface area contributed by atoms with E-state index in [0.29, 0.717) is 19.4 Å². The van der Waals surface area contributed by atoms with Gasteiger partial charge in [0.1, 0.15) is 0 Å². The van der Waals surface area contributed by atoms with E-state index in [9.17, 15) is 9.90 Å². The minimum atomic E-state index is -0.338. The number of hydrogen-bond donors (Lipinski definition) is 2. The van der Waals surface area contributed by atoms with Gasteiger partial charge in [-0.1, -0.05) is 26.0 Å². The molecule has 0 bridgehead atoms. The zero-order chi connectivity index (χ0) is 18.2. The van der Waals surface area contributed by atoms with E-state index in [-0.39, 0.29) is 17.9 Å². The summed E-state index contributed by atoms with van der Waals surface area (Å²) < 4.78 is 0. The van der Waals surface area contributed by atoms with Crippen molar-refractivity contribution in [1.82, 2.24) is 10.2 Å². The minimum absolute atomic E-state index is 0.0806. The van der Waals surface area contributed by atoms with Crippen molar-refractivity contribution in [2.45, 2.75) is 39.7 Å². The Morgan fingerprint density at radius 1 is 1.24 bits per heavy atom. The van der Waals surface area contributed by atoms with Gasteiger partial charge < -0.3 is 15.3 Å². The Morgan fingerprint density at radius 2 is 1.96 bits per heavy atom. The lowest BCUT2D eigenvalue weighted by Crippen LogP contribution is -2.47. The molecule has 1 saturated heterocycles. The molecule has 5 nitrogen and oxygen atoms in total. The number of nitrogens with one attached hydrogen (secondary N) is 1. The first-order chi connectivity index (χ1) is 12.0. The maximum absolute atomic E-state index is 11.9. The number of carbonyl (C=O) groups excluding carboxylic acids is 1. The fourth-order valence-electron chi connectivity index (χ4n) is 3.10. The number of piperazine rings is 1. The molecule has 1 aromatic carbocycles. The molecule has 0 saturated carbocycles. The van der Waals surface area contributed by atoms with Crippen molar-refractivity contribution in [2.24, 2.45) is 5.92 Å². The largest absolute Gasteiger partial charge is 0.393 e. The van der Waals surface area contributed by atoms with Crippen LogP contribution in [0.15, 0.2) is 24.3 Å². The van der Waals surface area contributed by atoms with Crippen LogP contribution in [0.2, 0.25) is 0 Å². The van der Waals surface area contributed by atoms with Crippen molar-refractivity contribution in [3.8, 4) is 0 Å². The van der Waals surface area contributed by atoms with Gasteiger partial charge in [-0.15, -0.1) is 0 Å². The number of carbonyl (C=O) groups is 1. The van der Waals surface area contributed by atoms with Gasteiger partial charge >= 0.3 is 0 Å². The molecule has 1 aliphatic rings. The Morgan fingerprint density at radius 3 is 2.60 bits per heavy atom. The van der Waals surface area contributed by atoms with E-state index in [1.54, 1.807) is 0 Å². The molecule has 0 aliphatic carbocycles. The monoisotopic (exact) mass is 347 g/mol. The summed E-state index contributed by atoms with van der Waals surface area (Å²) in [5.41, 5.74) is 2.58. The molecule has 0 aromatic heterocycles. The van der Waals surface area contributed by atoms with E-state index in [0.717, 1.165) is 32.7 Å². The molecular formula is C20H33N3O2. The molecule has 2 N–H and O–H groups in total. The van der Waals surface area contributed by atoms with Crippen molar-refractivity contribution in [3.63, 3.8) is 0 Å². The van der Waals surface area contributed by atoms with Crippen LogP contribution < -0.4 is 10.2 Å². The number of rotatable bonds is 8. The van der Waals surface area contributed by atoms with Gasteiger partial charge in [-0.2, -0.15) is 0 Å². The Kier molecular flexibility index (Phi) is 7.72. The van der Waals surface area contributed by atoms with E-state index in [1.165, 1.54) is 11.3 Å². The number of aryl methyl sites for hydroxylation is 1. The Hall–Kier alpha value is -1.59. The van der Waals surface area contributed by atoms with Gasteiger partial charge in [-0.05, 0) is 37.0 Å². The summed E-state index contributed by atoms with van der Waals surface area (Å²) in [6, 6.07) is 8.63. The summed E-state index contributed by atoms with van der Waals surface area (Å²) in [4.78, 5) is 16.7. The zero-order valence-corrected chi connectivity index (χ0v) is 15.9. The average molecular weight is 348 g/mol. The van der Waals surface area contributed by atoms with Gasteiger partial charge in [-0.25, -0.2) is 0 Å². The zero-order valence-electron chi connectivity index (χ0n) is 15.9. The highest BCUT2D eigenvalue weighted by Gasteiger charge is 2.18. The van der Waals surface area contributed by atoms with E-state index in [1.807, 2.05) is 13.8 Å². The van der Waals surface area contributed by atoms with E-state index in [2.05, 4.69) is 46.3 Å². The Balaban J connectivity index is 1.62. The summed E-state index contributed by atoms with van der Waals surface area (Å²) in [5.74, 6) is 0.318. The lowest BCUT2D eigenvalue weighted by molar-refractivity contribution is -0.121. The summed E-state index contributed by atoms with van der Waals surface area (Å²) in [6.45, 7) is 11.5. The molecule has 0 radical (unpaired) electrons. The Bertz CT molecular complexity index is 539. The maximum atomic E-state index is 11.9. The van der Waals surface area contributed by atoms with Gasteiger partial charge in [0.25, 0.3) is 0 Å². The maximum Gasteiger partial charge on any atom is 0.221 e. The highest BCUT2D eigenvalue weighted by atomic mass is 16.3. The molecule has 1 fully saturated rings. The van der Waals surface area contributed by atoms with E-state index in [4.69, 9.17) is 0 Å². The number of anilines is 1. The quantitative estimate of drug-likeness (QED) is 0.755. The number of benzene rings is 1. The van der Waals surface area contributed by atoms with Crippen molar-refractivity contribution in [3.05, 3.63) is 29.8 Å². The lowest BCUT2D eigenvalue weighted by atomic mass is 10.0. The van der Waals surface area contributed by atoms with Crippen molar-refractivity contribution in [2.75, 3.05) is 44.2 Å². The second kappa shape index (κ2) is 9.78. The molecule has 1 unspecified atom stereocenters. The molecule has 25 heavy (non-hydrogen) atoms. The summed E-state index contributed by atoms with van der Waals surface area (Å²) >= 11 is 0. The number of nitrogens with zero attached hydrogens (tertiary/aromatic N) is 2. The lowest BCUT2D eigenvalue weighted by Gasteiger charge is -2.36. The van der Waals surface area contributed by atoms with E-state index >= 15 is 0 Å². The first-order valence-electron chi connectivity index (χ1n) is 9.44. The van der Waals surface area contributed by atoms with Crippen LogP contribution in [0.5, 0.6) is 0 Å². The number of hydrogen-bond acceptors (Lipinski definition) is 4. The predicted octanol–water partition coefficient (Wildman–Crippen LogP) is 2.03. The van der Waals surface area contributed by atoms with Crippen LogP contribution in [0.1, 0.15) is 32.3 Å². The fourth-order valence-corrected chi connectivity index (χ4v) is 3.10. The van der Waals surface area contributed by atoms with Crippen LogP contribution in [-0.4, -0.2) is 61.3 Å². The molecule has 1 amide bonds. The molecule has 0 spiro atoms. The third kappa shape index (κ3) is 6.67. The van der Waals surface area contributed by atoms with E-state index < -0.39 is 0 Å². The van der Waals surface area contributed by atoms with Crippen LogP contribution >= 0.6 is 0 Å². The molecule has 1 heterocycles. The van der Waals surface area contributed by atoms with Gasteiger partial charge in [-0.3, -0.25) is 9.69 Å². The normalized spacial score (nSPS) is 16.9. The number of aliphatic hydroxyl groups excluding tert-OH is 1. The van der Waals surface area contributed by atoms with Crippen molar-refractivity contribution in [1.29, 1.82) is 0 Å². The standard InChI is InChI=1S/C20H33N3O2/c1-16(2)19(24)7-9-21-20(25)8-10-22-11-13-23(14-12-22)18-6-4-5-17(3)15-18/h4-6,15-16,19,24H,7-14H2,1-3H3,(H,21,25). The topological polar surface area (TPSA) is 55.8 Å². The van der Waals surface area contributed by atoms with Crippen LogP contribution in [0.3, 0.4) is 0 Å². The molecule has 5 heteroatoms. The summed E-state index contributed by atoms with van der Waals surface area (Å²) in [7, 11) is 0. The second-order valence-electron chi connectivity index (χ2n) is 7.37. The molecule has 140 valence electrons. The molecule has 1 aromatic rings. The average Bonchev–Trinajstić information content (AvgIpc) is 2.60. The van der Waals surface area contributed by atoms with Gasteiger partial charge in [0, 0.05) is 51.4 Å². The SMILES string of the molecule is Cc1cccc(N2CCN(CCC(=O)NCCC(O)C(C)C)CC2)c1. The van der Waals surface area contributed by atoms with Crippen LogP contribution in [0.4, 0.5) is 5.69 Å². The van der Waals surface area contributed by atoms with Crippen LogP contribution in [0, 0.1) is 12.8 Å². The molecule has 1 aliphatic heterocycles. The fraction of sp³-hybridized carbons (Fsp3) is 0.650. The highest BCUT2D eigenvalue weighted by molar-refractivity contribution is 5.76. The smallest absolute Gasteiger partial charge is 0.221 e. The minimum Gasteiger partial charge on any atom is -0.393 e. The summed E-state index contributed by atoms with van der Waals surface area (Å²) in [5, 5.41) is 12.7. The highest BCUT2D eigenvalue weighted by Crippen LogP contribution is 2.17. The van der Waals surface area contributed by atoms with Gasteiger partial charge in [0.05, 0.1) is 6.10 Å². The van der Waals surface area contributed by atoms with Gasteiger partial charge in [0.15, 0.2) is 0 Å². The number of aliphatic hydroxyl groups is 1. The third-order valence-corrected chi connectivity index (χ3v) is 4.93. The molecule has 2 rings (SSSR count). The first kappa shape index (κ1) is 19.7. The predicted molar refractivity (Wildman–Crippen MR) is 103 cm³/mol. The van der Waals surface area contributed by atoms with Crippen molar-refractivity contribution >= 4 is 11.6 Å². The third-order valence-electron chi connectivity index (χ3n) is 4.93. The van der Waals surface area contributed by atoms with Crippen LogP contribution in [-0.2, 0) is 4.79 Å². The Labute approximate surface area is 152 Å². The molecule has 1 atom stereocenters.